The van der Waals surface area contributed by atoms with E-state index >= 15 is 0 Å². The minimum absolute atomic E-state index is 0.455. The van der Waals surface area contributed by atoms with E-state index < -0.39 is 0 Å². The summed E-state index contributed by atoms with van der Waals surface area (Å²) < 4.78 is 0. The summed E-state index contributed by atoms with van der Waals surface area (Å²) in [6.07, 6.45) is 5.86. The van der Waals surface area contributed by atoms with Gasteiger partial charge in [-0.2, -0.15) is 0 Å². The average Bonchev–Trinajstić information content (AvgIpc) is 2.47. The molecule has 0 atom stereocenters. The molecule has 18 heavy (non-hydrogen) atoms. The van der Waals surface area contributed by atoms with Gasteiger partial charge in [-0.3, -0.25) is 0 Å². The van der Waals surface area contributed by atoms with Crippen molar-refractivity contribution in [2.75, 3.05) is 11.4 Å². The van der Waals surface area contributed by atoms with Gasteiger partial charge in [0.15, 0.2) is 0 Å². The van der Waals surface area contributed by atoms with Crippen LogP contribution in [0.15, 0.2) is 36.7 Å². The number of fused-ring (bicyclic) bond motifs is 1. The van der Waals surface area contributed by atoms with Gasteiger partial charge in [0.25, 0.3) is 0 Å². The molecule has 0 amide bonds. The molecule has 1 aliphatic rings. The number of halogens is 1. The van der Waals surface area contributed by atoms with Crippen LogP contribution >= 0.6 is 11.6 Å². The fourth-order valence-corrected chi connectivity index (χ4v) is 2.44. The van der Waals surface area contributed by atoms with Gasteiger partial charge in [-0.05, 0) is 24.5 Å². The van der Waals surface area contributed by atoms with E-state index in [1.807, 2.05) is 0 Å². The molecule has 1 aliphatic heterocycles. The molecule has 3 nitrogen and oxygen atoms in total. The molecule has 0 bridgehead atoms. The minimum atomic E-state index is 0.455. The van der Waals surface area contributed by atoms with Crippen molar-refractivity contribution in [3.05, 3.63) is 47.8 Å². The van der Waals surface area contributed by atoms with Crippen molar-refractivity contribution in [3.8, 4) is 0 Å². The van der Waals surface area contributed by atoms with Crippen LogP contribution in [0.5, 0.6) is 0 Å². The van der Waals surface area contributed by atoms with E-state index in [2.05, 4.69) is 39.1 Å². The highest BCUT2D eigenvalue weighted by Crippen LogP contribution is 2.30. The van der Waals surface area contributed by atoms with Crippen molar-refractivity contribution in [2.24, 2.45) is 0 Å². The van der Waals surface area contributed by atoms with Gasteiger partial charge in [-0.1, -0.05) is 18.2 Å². The molecular weight excluding hydrogens is 246 g/mol. The predicted molar refractivity (Wildman–Crippen MR) is 73.4 cm³/mol. The fraction of sp³-hybridized carbons (Fsp3) is 0.286. The standard InChI is InChI=1S/C14H14ClN3/c15-8-11-9-16-14(17-10-11)18-7-3-5-12-4-1-2-6-13(12)18/h1-2,4,6,9-10H,3,5,7-8H2. The van der Waals surface area contributed by atoms with Gasteiger partial charge < -0.3 is 4.90 Å². The second kappa shape index (κ2) is 4.94. The zero-order chi connectivity index (χ0) is 12.4. The van der Waals surface area contributed by atoms with Gasteiger partial charge in [0.2, 0.25) is 5.95 Å². The molecule has 1 aromatic carbocycles. The Morgan fingerprint density at radius 3 is 2.72 bits per heavy atom. The number of hydrogen-bond donors (Lipinski definition) is 0. The number of alkyl halides is 1. The molecule has 3 rings (SSSR count). The van der Waals surface area contributed by atoms with E-state index in [0.717, 1.165) is 30.9 Å². The third-order valence-electron chi connectivity index (χ3n) is 3.20. The monoisotopic (exact) mass is 259 g/mol. The maximum Gasteiger partial charge on any atom is 0.229 e. The molecule has 0 spiro atoms. The van der Waals surface area contributed by atoms with E-state index in [1.165, 1.54) is 11.3 Å². The summed E-state index contributed by atoms with van der Waals surface area (Å²) in [6.45, 7) is 0.969. The number of benzene rings is 1. The molecule has 0 saturated carbocycles. The average molecular weight is 260 g/mol. The number of aromatic nitrogens is 2. The maximum atomic E-state index is 5.75. The molecule has 2 aromatic rings. The van der Waals surface area contributed by atoms with E-state index in [-0.39, 0.29) is 0 Å². The lowest BCUT2D eigenvalue weighted by molar-refractivity contribution is 0.749. The lowest BCUT2D eigenvalue weighted by Crippen LogP contribution is -2.26. The normalized spacial score (nSPS) is 14.4. The first-order valence-corrected chi connectivity index (χ1v) is 6.64. The van der Waals surface area contributed by atoms with Gasteiger partial charge in [0.05, 0.1) is 5.88 Å². The number of rotatable bonds is 2. The summed E-state index contributed by atoms with van der Waals surface area (Å²) in [6, 6.07) is 8.45. The smallest absolute Gasteiger partial charge is 0.229 e. The molecule has 0 N–H and O–H groups in total. The molecule has 1 aromatic heterocycles. The van der Waals surface area contributed by atoms with E-state index in [1.54, 1.807) is 12.4 Å². The topological polar surface area (TPSA) is 29.0 Å². The first-order chi connectivity index (χ1) is 8.88. The Kier molecular flexibility index (Phi) is 3.15. The van der Waals surface area contributed by atoms with Gasteiger partial charge in [-0.25, -0.2) is 9.97 Å². The molecule has 0 saturated heterocycles. The summed E-state index contributed by atoms with van der Waals surface area (Å²) in [7, 11) is 0. The van der Waals surface area contributed by atoms with Crippen molar-refractivity contribution in [1.82, 2.24) is 9.97 Å². The SMILES string of the molecule is ClCc1cnc(N2CCCc3ccccc32)nc1. The Balaban J connectivity index is 1.97. The second-order valence-electron chi connectivity index (χ2n) is 4.41. The van der Waals surface area contributed by atoms with Crippen molar-refractivity contribution >= 4 is 23.2 Å². The first kappa shape index (κ1) is 11.5. The van der Waals surface area contributed by atoms with Gasteiger partial charge in [0.1, 0.15) is 0 Å². The van der Waals surface area contributed by atoms with Crippen LogP contribution in [0.4, 0.5) is 11.6 Å². The Morgan fingerprint density at radius 2 is 1.94 bits per heavy atom. The van der Waals surface area contributed by atoms with Crippen LogP contribution < -0.4 is 4.90 Å². The van der Waals surface area contributed by atoms with Crippen molar-refractivity contribution in [2.45, 2.75) is 18.7 Å². The summed E-state index contributed by atoms with van der Waals surface area (Å²) in [5, 5.41) is 0. The summed E-state index contributed by atoms with van der Waals surface area (Å²) in [4.78, 5) is 11.0. The molecule has 2 heterocycles. The van der Waals surface area contributed by atoms with Crippen molar-refractivity contribution in [3.63, 3.8) is 0 Å². The van der Waals surface area contributed by atoms with Crippen molar-refractivity contribution < 1.29 is 0 Å². The van der Waals surface area contributed by atoms with Crippen LogP contribution in [-0.2, 0) is 12.3 Å². The number of anilines is 2. The third kappa shape index (κ3) is 2.06. The lowest BCUT2D eigenvalue weighted by Gasteiger charge is -2.29. The highest BCUT2D eigenvalue weighted by Gasteiger charge is 2.19. The predicted octanol–water partition coefficient (Wildman–Crippen LogP) is 3.30. The Bertz CT molecular complexity index is 539. The number of aryl methyl sites for hydroxylation is 1. The molecule has 0 aliphatic carbocycles. The third-order valence-corrected chi connectivity index (χ3v) is 3.51. The summed E-state index contributed by atoms with van der Waals surface area (Å²) >= 11 is 5.75. The van der Waals surface area contributed by atoms with Crippen LogP contribution in [0, 0.1) is 0 Å². The molecule has 0 radical (unpaired) electrons. The van der Waals surface area contributed by atoms with E-state index in [0.29, 0.717) is 5.88 Å². The summed E-state index contributed by atoms with van der Waals surface area (Å²) in [5.74, 6) is 1.22. The number of para-hydroxylation sites is 1. The Hall–Kier alpha value is -1.61. The zero-order valence-corrected chi connectivity index (χ0v) is 10.8. The molecule has 0 unspecified atom stereocenters. The fourth-order valence-electron chi connectivity index (χ4n) is 2.30. The minimum Gasteiger partial charge on any atom is -0.310 e. The van der Waals surface area contributed by atoms with Gasteiger partial charge >= 0.3 is 0 Å². The molecule has 0 fully saturated rings. The van der Waals surface area contributed by atoms with Crippen LogP contribution in [0.1, 0.15) is 17.5 Å². The van der Waals surface area contributed by atoms with Gasteiger partial charge in [-0.15, -0.1) is 11.6 Å². The lowest BCUT2D eigenvalue weighted by atomic mass is 10.0. The Morgan fingerprint density at radius 1 is 1.17 bits per heavy atom. The molecular formula is C14H14ClN3. The molecule has 92 valence electrons. The zero-order valence-electron chi connectivity index (χ0n) is 10.0. The number of hydrogen-bond acceptors (Lipinski definition) is 3. The van der Waals surface area contributed by atoms with E-state index in [4.69, 9.17) is 11.6 Å². The van der Waals surface area contributed by atoms with Crippen LogP contribution in [0.25, 0.3) is 0 Å². The van der Waals surface area contributed by atoms with Gasteiger partial charge in [0, 0.05) is 30.2 Å². The van der Waals surface area contributed by atoms with E-state index in [9.17, 15) is 0 Å². The summed E-state index contributed by atoms with van der Waals surface area (Å²) in [5.41, 5.74) is 3.54. The number of nitrogens with zero attached hydrogens (tertiary/aromatic N) is 3. The second-order valence-corrected chi connectivity index (χ2v) is 4.68. The van der Waals surface area contributed by atoms with Crippen LogP contribution in [0.3, 0.4) is 0 Å². The largest absolute Gasteiger partial charge is 0.310 e. The van der Waals surface area contributed by atoms with Crippen LogP contribution in [-0.4, -0.2) is 16.5 Å². The maximum absolute atomic E-state index is 5.75. The highest BCUT2D eigenvalue weighted by atomic mass is 35.5. The molecule has 4 heteroatoms. The first-order valence-electron chi connectivity index (χ1n) is 6.11. The Labute approximate surface area is 111 Å². The highest BCUT2D eigenvalue weighted by molar-refractivity contribution is 6.17. The quantitative estimate of drug-likeness (QED) is 0.775. The van der Waals surface area contributed by atoms with Crippen molar-refractivity contribution in [1.29, 1.82) is 0 Å². The van der Waals surface area contributed by atoms with Crippen LogP contribution in [0.2, 0.25) is 0 Å².